The number of aryl methyl sites for hydroxylation is 1. The highest BCUT2D eigenvalue weighted by molar-refractivity contribution is 7.78. The van der Waals surface area contributed by atoms with Crippen molar-refractivity contribution in [3.8, 4) is 11.1 Å². The van der Waals surface area contributed by atoms with Gasteiger partial charge < -0.3 is 4.55 Å². The molecule has 0 spiro atoms. The van der Waals surface area contributed by atoms with Crippen LogP contribution in [0.5, 0.6) is 0 Å². The van der Waals surface area contributed by atoms with E-state index in [1.54, 1.807) is 0 Å². The Morgan fingerprint density at radius 1 is 0.947 bits per heavy atom. The zero-order valence-corrected chi connectivity index (χ0v) is 22.5. The minimum absolute atomic E-state index is 0.00157. The first kappa shape index (κ1) is 25.7. The number of hydrogen-bond donors (Lipinski definition) is 0. The molecule has 190 valence electrons. The number of benzene rings is 3. The molecule has 0 aliphatic heterocycles. The summed E-state index contributed by atoms with van der Waals surface area (Å²) in [6, 6.07) is 28.8. The summed E-state index contributed by atoms with van der Waals surface area (Å²) in [5, 5.41) is 1.14. The van der Waals surface area contributed by atoms with Crippen molar-refractivity contribution < 1.29 is 8.76 Å². The van der Waals surface area contributed by atoms with Crippen LogP contribution < -0.4 is 0 Å². The van der Waals surface area contributed by atoms with Gasteiger partial charge in [0.15, 0.2) is 0 Å². The van der Waals surface area contributed by atoms with Crippen molar-refractivity contribution in [2.45, 2.75) is 32.4 Å². The van der Waals surface area contributed by atoms with Crippen LogP contribution in [-0.4, -0.2) is 18.7 Å². The molecule has 0 radical (unpaired) electrons. The van der Waals surface area contributed by atoms with E-state index in [2.05, 4.69) is 68.5 Å². The van der Waals surface area contributed by atoms with Gasteiger partial charge in [-0.15, -0.1) is 0 Å². The summed E-state index contributed by atoms with van der Waals surface area (Å²) in [7, 11) is 0. The van der Waals surface area contributed by atoms with Crippen LogP contribution in [0.3, 0.4) is 0 Å². The molecule has 0 amide bonds. The first-order valence-electron chi connectivity index (χ1n) is 12.7. The average Bonchev–Trinajstić information content (AvgIpc) is 2.92. The van der Waals surface area contributed by atoms with E-state index in [0.717, 1.165) is 55.6 Å². The fraction of sp³-hybridized carbons (Fsp3) is 0.152. The van der Waals surface area contributed by atoms with Gasteiger partial charge in [-0.3, -0.25) is 14.2 Å². The molecule has 0 saturated carbocycles. The molecule has 2 heterocycles. The lowest BCUT2D eigenvalue weighted by Gasteiger charge is -2.13. The molecule has 1 unspecified atom stereocenters. The number of aromatic nitrogens is 2. The van der Waals surface area contributed by atoms with Gasteiger partial charge in [0.05, 0.1) is 11.2 Å². The van der Waals surface area contributed by atoms with Crippen LogP contribution in [0.1, 0.15) is 53.3 Å². The minimum atomic E-state index is -2.12. The lowest BCUT2D eigenvalue weighted by atomic mass is 9.92. The number of pyridine rings is 2. The Balaban J connectivity index is 1.62. The normalized spacial score (nSPS) is 12.7. The van der Waals surface area contributed by atoms with E-state index in [1.807, 2.05) is 55.7 Å². The lowest BCUT2D eigenvalue weighted by molar-refractivity contribution is 0.536. The van der Waals surface area contributed by atoms with Crippen LogP contribution >= 0.6 is 0 Å². The van der Waals surface area contributed by atoms with Crippen molar-refractivity contribution in [1.82, 2.24) is 9.97 Å². The van der Waals surface area contributed by atoms with Crippen LogP contribution in [0.4, 0.5) is 0 Å². The van der Waals surface area contributed by atoms with Crippen molar-refractivity contribution in [3.05, 3.63) is 131 Å². The lowest BCUT2D eigenvalue weighted by Crippen LogP contribution is -1.96. The minimum Gasteiger partial charge on any atom is -0.772 e. The third-order valence-electron chi connectivity index (χ3n) is 6.64. The maximum atomic E-state index is 11.1. The van der Waals surface area contributed by atoms with Crippen LogP contribution in [0.25, 0.3) is 33.7 Å². The summed E-state index contributed by atoms with van der Waals surface area (Å²) in [6.45, 7) is 6.44. The van der Waals surface area contributed by atoms with Gasteiger partial charge in [-0.05, 0) is 82.6 Å². The van der Waals surface area contributed by atoms with E-state index in [0.29, 0.717) is 5.92 Å². The molecule has 38 heavy (non-hydrogen) atoms. The van der Waals surface area contributed by atoms with Gasteiger partial charge in [0.1, 0.15) is 0 Å². The third-order valence-corrected chi connectivity index (χ3v) is 7.21. The van der Waals surface area contributed by atoms with Crippen molar-refractivity contribution in [3.63, 3.8) is 0 Å². The summed E-state index contributed by atoms with van der Waals surface area (Å²) >= 11 is -2.12. The standard InChI is InChI=1S/C33H30N2O2S/c1-22(2)29-18-28-8-5-15-34-33(28)31(19-29)27-7-4-6-25(16-27)17-30(32-14-9-23(3)20-35-32)26-12-10-24(11-13-26)21-38(36)37/h4-20,22H,21H2,1-3H3,(H,36,37)/p-1/b30-17-. The number of hydrogen-bond acceptors (Lipinski definition) is 4. The summed E-state index contributed by atoms with van der Waals surface area (Å²) in [4.78, 5) is 9.41. The maximum absolute atomic E-state index is 11.1. The SMILES string of the molecule is Cc1ccc(/C(=C\c2cccc(-c3cc(C(C)C)cc4cccnc34)c2)c2ccc(CS(=O)[O-])cc2)nc1. The summed E-state index contributed by atoms with van der Waals surface area (Å²) in [5.74, 6) is 0.407. The number of rotatable bonds is 7. The molecule has 1 atom stereocenters. The van der Waals surface area contributed by atoms with E-state index in [4.69, 9.17) is 9.97 Å². The Morgan fingerprint density at radius 2 is 1.76 bits per heavy atom. The highest BCUT2D eigenvalue weighted by Crippen LogP contribution is 2.33. The molecule has 0 saturated heterocycles. The molecule has 0 fully saturated rings. The van der Waals surface area contributed by atoms with Crippen molar-refractivity contribution in [2.24, 2.45) is 0 Å². The topological polar surface area (TPSA) is 65.9 Å². The van der Waals surface area contributed by atoms with Gasteiger partial charge in [0, 0.05) is 34.7 Å². The molecule has 0 N–H and O–H groups in total. The zero-order valence-electron chi connectivity index (χ0n) is 21.7. The summed E-state index contributed by atoms with van der Waals surface area (Å²) in [6.07, 6.45) is 5.85. The monoisotopic (exact) mass is 517 g/mol. The Bertz CT molecular complexity index is 1640. The quantitative estimate of drug-likeness (QED) is 0.164. The molecule has 0 bridgehead atoms. The number of fused-ring (bicyclic) bond motifs is 1. The fourth-order valence-electron chi connectivity index (χ4n) is 4.58. The largest absolute Gasteiger partial charge is 0.772 e. The van der Waals surface area contributed by atoms with Crippen molar-refractivity contribution in [1.29, 1.82) is 0 Å². The second kappa shape index (κ2) is 11.2. The van der Waals surface area contributed by atoms with Gasteiger partial charge in [0.2, 0.25) is 0 Å². The molecule has 0 aliphatic carbocycles. The Kier molecular flexibility index (Phi) is 7.59. The molecule has 4 nitrogen and oxygen atoms in total. The highest BCUT2D eigenvalue weighted by Gasteiger charge is 2.12. The van der Waals surface area contributed by atoms with Gasteiger partial charge in [-0.2, -0.15) is 0 Å². The van der Waals surface area contributed by atoms with Gasteiger partial charge in [-0.25, -0.2) is 0 Å². The van der Waals surface area contributed by atoms with Crippen LogP contribution in [0, 0.1) is 6.92 Å². The third kappa shape index (κ3) is 5.80. The molecule has 5 heteroatoms. The summed E-state index contributed by atoms with van der Waals surface area (Å²) < 4.78 is 22.3. The van der Waals surface area contributed by atoms with Crippen molar-refractivity contribution in [2.75, 3.05) is 0 Å². The Labute approximate surface area is 226 Å². The van der Waals surface area contributed by atoms with Gasteiger partial charge in [-0.1, -0.05) is 79.5 Å². The van der Waals surface area contributed by atoms with E-state index in [-0.39, 0.29) is 5.75 Å². The zero-order chi connectivity index (χ0) is 26.6. The van der Waals surface area contributed by atoms with E-state index in [9.17, 15) is 8.76 Å². The predicted molar refractivity (Wildman–Crippen MR) is 156 cm³/mol. The predicted octanol–water partition coefficient (Wildman–Crippen LogP) is 7.70. The summed E-state index contributed by atoms with van der Waals surface area (Å²) in [5.41, 5.74) is 10.2. The maximum Gasteiger partial charge on any atom is 0.0780 e. The van der Waals surface area contributed by atoms with Gasteiger partial charge >= 0.3 is 0 Å². The first-order chi connectivity index (χ1) is 18.4. The molecule has 0 aliphatic rings. The van der Waals surface area contributed by atoms with Crippen LogP contribution in [0.15, 0.2) is 97.3 Å². The molecule has 2 aromatic heterocycles. The molecule has 5 rings (SSSR count). The smallest absolute Gasteiger partial charge is 0.0780 e. The molecular weight excluding hydrogens is 488 g/mol. The Hall–Kier alpha value is -3.93. The number of nitrogens with zero attached hydrogens (tertiary/aromatic N) is 2. The first-order valence-corrected chi connectivity index (χ1v) is 13.9. The van der Waals surface area contributed by atoms with E-state index < -0.39 is 11.1 Å². The average molecular weight is 518 g/mol. The fourth-order valence-corrected chi connectivity index (χ4v) is 5.05. The van der Waals surface area contributed by atoms with Crippen LogP contribution in [0.2, 0.25) is 0 Å². The van der Waals surface area contributed by atoms with Crippen LogP contribution in [-0.2, 0) is 16.8 Å². The molecular formula is C33H29N2O2S-. The highest BCUT2D eigenvalue weighted by atomic mass is 32.2. The second-order valence-electron chi connectivity index (χ2n) is 9.85. The van der Waals surface area contributed by atoms with Crippen molar-refractivity contribution >= 4 is 33.6 Å². The molecule has 3 aromatic carbocycles. The van der Waals surface area contributed by atoms with E-state index >= 15 is 0 Å². The molecule has 5 aromatic rings. The second-order valence-corrected chi connectivity index (χ2v) is 10.7. The van der Waals surface area contributed by atoms with E-state index in [1.165, 1.54) is 5.56 Å². The van der Waals surface area contributed by atoms with Gasteiger partial charge in [0.25, 0.3) is 0 Å². The Morgan fingerprint density at radius 3 is 2.47 bits per heavy atom.